The second-order valence-electron chi connectivity index (χ2n) is 8.23. The van der Waals surface area contributed by atoms with Gasteiger partial charge < -0.3 is 14.5 Å². The number of hydrogen-bond donors (Lipinski definition) is 1. The zero-order valence-electron chi connectivity index (χ0n) is 17.8. The van der Waals surface area contributed by atoms with Gasteiger partial charge in [-0.15, -0.1) is 0 Å². The minimum absolute atomic E-state index is 0.0505. The van der Waals surface area contributed by atoms with Crippen LogP contribution in [0, 0.1) is 21.1 Å². The lowest BCUT2D eigenvalue weighted by Crippen LogP contribution is -2.43. The predicted molar refractivity (Wildman–Crippen MR) is 120 cm³/mol. The number of esters is 1. The fourth-order valence-electron chi connectivity index (χ4n) is 2.29. The lowest BCUT2D eigenvalue weighted by Gasteiger charge is -2.36. The summed E-state index contributed by atoms with van der Waals surface area (Å²) in [5.41, 5.74) is -0.452. The van der Waals surface area contributed by atoms with Crippen LogP contribution in [0.3, 0.4) is 0 Å². The van der Waals surface area contributed by atoms with Gasteiger partial charge in [0.1, 0.15) is 5.92 Å². The van der Waals surface area contributed by atoms with E-state index in [0.29, 0.717) is 16.7 Å². The number of hydrogen-bond acceptors (Lipinski definition) is 5. The summed E-state index contributed by atoms with van der Waals surface area (Å²) >= 11 is 1.79. The van der Waals surface area contributed by atoms with Crippen LogP contribution < -0.4 is 5.32 Å². The van der Waals surface area contributed by atoms with E-state index in [1.165, 1.54) is 6.07 Å². The van der Waals surface area contributed by atoms with Crippen molar-refractivity contribution in [3.8, 4) is 0 Å². The highest BCUT2D eigenvalue weighted by Gasteiger charge is 2.37. The first-order chi connectivity index (χ1) is 13.3. The lowest BCUT2D eigenvalue weighted by atomic mass is 9.97. The number of halogens is 3. The average molecular weight is 541 g/mol. The maximum Gasteiger partial charge on any atom is 0.318 e. The van der Waals surface area contributed by atoms with Crippen LogP contribution in [-0.2, 0) is 14.0 Å². The molecule has 0 radical (unpaired) electrons. The largest absolute Gasteiger partial charge is 0.465 e. The number of rotatable bonds is 10. The van der Waals surface area contributed by atoms with E-state index in [1.54, 1.807) is 29.5 Å². The predicted octanol–water partition coefficient (Wildman–Crippen LogP) is 4.54. The van der Waals surface area contributed by atoms with Gasteiger partial charge in [-0.3, -0.25) is 9.59 Å². The van der Waals surface area contributed by atoms with Crippen LogP contribution in [0.5, 0.6) is 0 Å². The molecule has 0 heterocycles. The molecule has 1 aromatic carbocycles. The van der Waals surface area contributed by atoms with Gasteiger partial charge in [0.25, 0.3) is 0 Å². The summed E-state index contributed by atoms with van der Waals surface area (Å²) in [5.74, 6) is -5.23. The van der Waals surface area contributed by atoms with Gasteiger partial charge in [0.05, 0.1) is 12.2 Å². The molecule has 5 nitrogen and oxygen atoms in total. The van der Waals surface area contributed by atoms with E-state index in [2.05, 4.69) is 39.2 Å². The van der Waals surface area contributed by atoms with E-state index in [9.17, 15) is 18.4 Å². The van der Waals surface area contributed by atoms with Crippen molar-refractivity contribution in [1.29, 1.82) is 0 Å². The molecule has 0 amide bonds. The first kappa shape index (κ1) is 26.1. The zero-order chi connectivity index (χ0) is 22.4. The van der Waals surface area contributed by atoms with E-state index in [-0.39, 0.29) is 18.2 Å². The van der Waals surface area contributed by atoms with Gasteiger partial charge in [-0.1, -0.05) is 20.8 Å². The minimum atomic E-state index is -1.90. The standard InChI is InChI=1S/C20H30F2INO4Si/c1-7-27-19(26)15(12-24-8-9-28-29(5,6)20(2,3)4)18(25)14-10-13(23)11-16(21)17(14)22/h10-11,15,24H,7-9,12H2,1-6H3. The van der Waals surface area contributed by atoms with E-state index < -0.39 is 43.2 Å². The molecular formula is C20H30F2INO4Si. The summed E-state index contributed by atoms with van der Waals surface area (Å²) in [6.45, 7) is 13.2. The smallest absolute Gasteiger partial charge is 0.318 e. The highest BCUT2D eigenvalue weighted by Crippen LogP contribution is 2.36. The lowest BCUT2D eigenvalue weighted by molar-refractivity contribution is -0.146. The molecule has 0 aliphatic carbocycles. The van der Waals surface area contributed by atoms with Crippen molar-refractivity contribution in [3.63, 3.8) is 0 Å². The highest BCUT2D eigenvalue weighted by atomic mass is 127. The first-order valence-corrected chi connectivity index (χ1v) is 13.5. The molecule has 0 saturated heterocycles. The van der Waals surface area contributed by atoms with E-state index in [4.69, 9.17) is 9.16 Å². The van der Waals surface area contributed by atoms with Crippen molar-refractivity contribution < 1.29 is 27.5 Å². The van der Waals surface area contributed by atoms with Crippen LogP contribution in [0.1, 0.15) is 38.1 Å². The van der Waals surface area contributed by atoms with Gasteiger partial charge >= 0.3 is 5.97 Å². The van der Waals surface area contributed by atoms with Crippen molar-refractivity contribution in [2.24, 2.45) is 5.92 Å². The third-order valence-corrected chi connectivity index (χ3v) is 10.2. The van der Waals surface area contributed by atoms with Gasteiger partial charge in [-0.05, 0) is 59.8 Å². The van der Waals surface area contributed by atoms with Gasteiger partial charge in [-0.25, -0.2) is 8.78 Å². The summed E-state index contributed by atoms with van der Waals surface area (Å²) in [7, 11) is -1.90. The molecular weight excluding hydrogens is 511 g/mol. The van der Waals surface area contributed by atoms with Crippen LogP contribution >= 0.6 is 22.6 Å². The minimum Gasteiger partial charge on any atom is -0.465 e. The third kappa shape index (κ3) is 7.37. The molecule has 0 saturated carbocycles. The molecule has 0 fully saturated rings. The molecule has 9 heteroatoms. The molecule has 29 heavy (non-hydrogen) atoms. The maximum atomic E-state index is 14.1. The van der Waals surface area contributed by atoms with Gasteiger partial charge in [0, 0.05) is 23.3 Å². The Morgan fingerprint density at radius 2 is 1.86 bits per heavy atom. The molecule has 0 aliphatic rings. The topological polar surface area (TPSA) is 64.6 Å². The van der Waals surface area contributed by atoms with Crippen molar-refractivity contribution in [2.75, 3.05) is 26.3 Å². The third-order valence-electron chi connectivity index (χ3n) is 5.04. The number of carbonyl (C=O) groups excluding carboxylic acids is 2. The molecule has 1 unspecified atom stereocenters. The average Bonchev–Trinajstić information content (AvgIpc) is 2.59. The Hall–Kier alpha value is -0.913. The van der Waals surface area contributed by atoms with Gasteiger partial charge in [0.15, 0.2) is 25.7 Å². The Morgan fingerprint density at radius 3 is 2.41 bits per heavy atom. The van der Waals surface area contributed by atoms with Crippen molar-refractivity contribution >= 4 is 42.7 Å². The van der Waals surface area contributed by atoms with E-state index in [1.807, 2.05) is 0 Å². The normalized spacial score (nSPS) is 13.3. The van der Waals surface area contributed by atoms with Crippen molar-refractivity contribution in [3.05, 3.63) is 32.9 Å². The maximum absolute atomic E-state index is 14.1. The van der Waals surface area contributed by atoms with Crippen LogP contribution in [0.15, 0.2) is 12.1 Å². The number of carbonyl (C=O) groups is 2. The molecule has 0 aliphatic heterocycles. The van der Waals surface area contributed by atoms with Gasteiger partial charge in [0.2, 0.25) is 0 Å². The second kappa shape index (κ2) is 10.9. The van der Waals surface area contributed by atoms with E-state index in [0.717, 1.165) is 6.07 Å². The van der Waals surface area contributed by atoms with Gasteiger partial charge in [-0.2, -0.15) is 0 Å². The summed E-state index contributed by atoms with van der Waals surface area (Å²) in [6.07, 6.45) is 0. The molecule has 0 bridgehead atoms. The Labute approximate surface area is 186 Å². The molecule has 1 N–H and O–H groups in total. The Balaban J connectivity index is 2.83. The number of ketones is 1. The Morgan fingerprint density at radius 1 is 1.24 bits per heavy atom. The first-order valence-electron chi connectivity index (χ1n) is 9.52. The van der Waals surface area contributed by atoms with Crippen LogP contribution in [0.25, 0.3) is 0 Å². The summed E-state index contributed by atoms with van der Waals surface area (Å²) in [4.78, 5) is 25.0. The Bertz CT molecular complexity index is 738. The molecule has 0 spiro atoms. The van der Waals surface area contributed by atoms with Crippen LogP contribution in [-0.4, -0.2) is 46.4 Å². The molecule has 1 aromatic rings. The van der Waals surface area contributed by atoms with Crippen molar-refractivity contribution in [1.82, 2.24) is 5.32 Å². The van der Waals surface area contributed by atoms with Crippen LogP contribution in [0.2, 0.25) is 18.1 Å². The highest BCUT2D eigenvalue weighted by molar-refractivity contribution is 14.1. The SMILES string of the molecule is CCOC(=O)C(CNCCO[Si](C)(C)C(C)(C)C)C(=O)c1cc(I)cc(F)c1F. The molecule has 1 rings (SSSR count). The molecule has 0 aromatic heterocycles. The summed E-state index contributed by atoms with van der Waals surface area (Å²) in [5, 5.41) is 3.08. The number of Topliss-reactive ketones (excluding diaryl/α,β-unsaturated/α-hetero) is 1. The second-order valence-corrected chi connectivity index (χ2v) is 14.3. The Kier molecular flexibility index (Phi) is 9.84. The van der Waals surface area contributed by atoms with Crippen LogP contribution in [0.4, 0.5) is 8.78 Å². The number of ether oxygens (including phenoxy) is 1. The molecule has 164 valence electrons. The summed E-state index contributed by atoms with van der Waals surface area (Å²) < 4.78 is 39.2. The molecule has 1 atom stereocenters. The van der Waals surface area contributed by atoms with Crippen molar-refractivity contribution in [2.45, 2.75) is 45.8 Å². The monoisotopic (exact) mass is 541 g/mol. The fourth-order valence-corrected chi connectivity index (χ4v) is 3.92. The summed E-state index contributed by atoms with van der Waals surface area (Å²) in [6, 6.07) is 2.22. The number of nitrogens with one attached hydrogen (secondary N) is 1. The quantitative estimate of drug-likeness (QED) is 0.0897. The zero-order valence-corrected chi connectivity index (χ0v) is 21.0. The fraction of sp³-hybridized carbons (Fsp3) is 0.600. The number of benzene rings is 1. The van der Waals surface area contributed by atoms with E-state index >= 15 is 0 Å².